The smallest absolute Gasteiger partial charge is 0.282 e. The molecular weight excluding hydrogens is 230 g/mol. The Balaban J connectivity index is 2.08. The Morgan fingerprint density at radius 1 is 1.19 bits per heavy atom. The molecule has 0 N–H and O–H groups in total. The Morgan fingerprint density at radius 3 is 2.50 bits per heavy atom. The number of hydrogen-bond donors (Lipinski definition) is 0. The highest BCUT2D eigenvalue weighted by atomic mass is 32.2. The van der Waals surface area contributed by atoms with E-state index in [0.717, 1.165) is 12.8 Å². The van der Waals surface area contributed by atoms with Gasteiger partial charge in [0.1, 0.15) is 0 Å². The summed E-state index contributed by atoms with van der Waals surface area (Å²) in [6.45, 7) is 1.98. The summed E-state index contributed by atoms with van der Waals surface area (Å²) < 4.78 is 32.3. The van der Waals surface area contributed by atoms with E-state index >= 15 is 0 Å². The molecule has 2 fully saturated rings. The van der Waals surface area contributed by atoms with Gasteiger partial charge in [0.25, 0.3) is 10.2 Å². The average Bonchev–Trinajstić information content (AvgIpc) is 2.83. The molecule has 2 rings (SSSR count). The van der Waals surface area contributed by atoms with Crippen LogP contribution >= 0.6 is 0 Å². The van der Waals surface area contributed by atoms with Gasteiger partial charge < -0.3 is 4.74 Å². The van der Waals surface area contributed by atoms with E-state index in [2.05, 4.69) is 0 Å². The molecular formula is C9H15N3O3S. The Bertz CT molecular complexity index is 383. The Kier molecular flexibility index (Phi) is 3.44. The number of hydrogen-bond acceptors (Lipinski definition) is 4. The van der Waals surface area contributed by atoms with E-state index in [9.17, 15) is 8.42 Å². The van der Waals surface area contributed by atoms with Gasteiger partial charge in [-0.2, -0.15) is 22.3 Å². The van der Waals surface area contributed by atoms with Crippen molar-refractivity contribution in [2.75, 3.05) is 32.8 Å². The van der Waals surface area contributed by atoms with Crippen LogP contribution in [0.2, 0.25) is 0 Å². The molecule has 1 atom stereocenters. The zero-order chi connectivity index (χ0) is 11.6. The summed E-state index contributed by atoms with van der Waals surface area (Å²) in [6.07, 6.45) is 1.21. The number of ether oxygens (including phenoxy) is 1. The maximum Gasteiger partial charge on any atom is 0.282 e. The van der Waals surface area contributed by atoms with Crippen LogP contribution in [-0.2, 0) is 14.9 Å². The van der Waals surface area contributed by atoms with Crippen LogP contribution in [0, 0.1) is 11.3 Å². The van der Waals surface area contributed by atoms with Gasteiger partial charge in [0.2, 0.25) is 0 Å². The molecule has 1 unspecified atom stereocenters. The van der Waals surface area contributed by atoms with E-state index < -0.39 is 16.3 Å². The van der Waals surface area contributed by atoms with E-state index in [1.54, 1.807) is 0 Å². The summed E-state index contributed by atoms with van der Waals surface area (Å²) in [5, 5.41) is 8.73. The first-order valence-corrected chi connectivity index (χ1v) is 6.81. The summed E-state index contributed by atoms with van der Waals surface area (Å²) in [4.78, 5) is 0. The molecule has 7 heteroatoms. The van der Waals surface area contributed by atoms with Crippen molar-refractivity contribution in [3.05, 3.63) is 0 Å². The zero-order valence-corrected chi connectivity index (χ0v) is 9.82. The minimum Gasteiger partial charge on any atom is -0.361 e. The maximum atomic E-state index is 12.1. The van der Waals surface area contributed by atoms with Crippen LogP contribution in [0.25, 0.3) is 0 Å². The first kappa shape index (κ1) is 11.8. The molecule has 0 bridgehead atoms. The van der Waals surface area contributed by atoms with E-state index in [1.165, 1.54) is 8.61 Å². The third kappa shape index (κ3) is 2.20. The second kappa shape index (κ2) is 4.67. The topological polar surface area (TPSA) is 73.6 Å². The molecule has 0 amide bonds. The third-order valence-corrected chi connectivity index (χ3v) is 4.89. The quantitative estimate of drug-likeness (QED) is 0.660. The highest BCUT2D eigenvalue weighted by Gasteiger charge is 2.35. The molecule has 16 heavy (non-hydrogen) atoms. The van der Waals surface area contributed by atoms with Crippen LogP contribution in [0.1, 0.15) is 12.8 Å². The van der Waals surface area contributed by atoms with Crippen LogP contribution in [0.4, 0.5) is 0 Å². The van der Waals surface area contributed by atoms with Gasteiger partial charge >= 0.3 is 0 Å². The fraction of sp³-hybridized carbons (Fsp3) is 0.889. The van der Waals surface area contributed by atoms with Crippen LogP contribution in [0.3, 0.4) is 0 Å². The fourth-order valence-corrected chi connectivity index (χ4v) is 3.67. The lowest BCUT2D eigenvalue weighted by Gasteiger charge is -2.31. The SMILES string of the molecule is N#CC1CN(S(=O)(=O)N2CCCC2)CCO1. The zero-order valence-electron chi connectivity index (χ0n) is 9.00. The Morgan fingerprint density at radius 2 is 1.88 bits per heavy atom. The van der Waals surface area contributed by atoms with E-state index in [-0.39, 0.29) is 6.54 Å². The van der Waals surface area contributed by atoms with Gasteiger partial charge in [0.15, 0.2) is 6.10 Å². The first-order valence-electron chi connectivity index (χ1n) is 5.41. The van der Waals surface area contributed by atoms with Crippen LogP contribution in [0.15, 0.2) is 0 Å². The van der Waals surface area contributed by atoms with Gasteiger partial charge in [0, 0.05) is 19.6 Å². The number of morpholine rings is 1. The second-order valence-electron chi connectivity index (χ2n) is 3.96. The average molecular weight is 245 g/mol. The van der Waals surface area contributed by atoms with Gasteiger partial charge in [-0.05, 0) is 12.8 Å². The maximum absolute atomic E-state index is 12.1. The van der Waals surface area contributed by atoms with Crippen LogP contribution < -0.4 is 0 Å². The first-order chi connectivity index (χ1) is 7.64. The largest absolute Gasteiger partial charge is 0.361 e. The normalized spacial score (nSPS) is 29.1. The highest BCUT2D eigenvalue weighted by molar-refractivity contribution is 7.86. The van der Waals surface area contributed by atoms with Gasteiger partial charge in [-0.1, -0.05) is 0 Å². The molecule has 2 aliphatic rings. The summed E-state index contributed by atoms with van der Waals surface area (Å²) in [5.41, 5.74) is 0. The van der Waals surface area contributed by atoms with Crippen LogP contribution in [-0.4, -0.2) is 55.9 Å². The van der Waals surface area contributed by atoms with Crippen molar-refractivity contribution in [3.63, 3.8) is 0 Å². The molecule has 0 spiro atoms. The molecule has 0 saturated carbocycles. The summed E-state index contributed by atoms with van der Waals surface area (Å²) in [7, 11) is -3.37. The summed E-state index contributed by atoms with van der Waals surface area (Å²) >= 11 is 0. The fourth-order valence-electron chi connectivity index (χ4n) is 2.00. The van der Waals surface area contributed by atoms with Gasteiger partial charge in [0.05, 0.1) is 19.2 Å². The lowest BCUT2D eigenvalue weighted by atomic mass is 10.3. The van der Waals surface area contributed by atoms with Crippen molar-refractivity contribution >= 4 is 10.2 Å². The molecule has 0 aliphatic carbocycles. The molecule has 2 heterocycles. The summed E-state index contributed by atoms with van der Waals surface area (Å²) in [5.74, 6) is 0. The van der Waals surface area contributed by atoms with Gasteiger partial charge in [-0.15, -0.1) is 0 Å². The molecule has 90 valence electrons. The lowest BCUT2D eigenvalue weighted by Crippen LogP contribution is -2.50. The molecule has 0 aromatic carbocycles. The Labute approximate surface area is 95.6 Å². The standard InChI is InChI=1S/C9H15N3O3S/c10-7-9-8-12(5-6-15-9)16(13,14)11-3-1-2-4-11/h9H,1-6,8H2. The number of nitrogens with zero attached hydrogens (tertiary/aromatic N) is 3. The molecule has 2 saturated heterocycles. The number of nitriles is 1. The lowest BCUT2D eigenvalue weighted by molar-refractivity contribution is 0.0292. The predicted octanol–water partition coefficient (Wildman–Crippen LogP) is -0.449. The minimum atomic E-state index is -3.37. The highest BCUT2D eigenvalue weighted by Crippen LogP contribution is 2.18. The third-order valence-electron chi connectivity index (χ3n) is 2.89. The van der Waals surface area contributed by atoms with Crippen LogP contribution in [0.5, 0.6) is 0 Å². The van der Waals surface area contributed by atoms with Gasteiger partial charge in [-0.25, -0.2) is 0 Å². The second-order valence-corrected chi connectivity index (χ2v) is 5.89. The molecule has 0 radical (unpaired) electrons. The molecule has 2 aliphatic heterocycles. The van der Waals surface area contributed by atoms with Crippen molar-refractivity contribution in [1.82, 2.24) is 8.61 Å². The predicted molar refractivity (Wildman–Crippen MR) is 56.7 cm³/mol. The summed E-state index contributed by atoms with van der Waals surface area (Å²) in [6, 6.07) is 1.95. The molecule has 0 aromatic heterocycles. The van der Waals surface area contributed by atoms with E-state index in [4.69, 9.17) is 10.00 Å². The van der Waals surface area contributed by atoms with Gasteiger partial charge in [-0.3, -0.25) is 0 Å². The molecule has 0 aromatic rings. The van der Waals surface area contributed by atoms with Crippen molar-refractivity contribution in [3.8, 4) is 6.07 Å². The van der Waals surface area contributed by atoms with Crippen molar-refractivity contribution in [1.29, 1.82) is 5.26 Å². The Hall–Kier alpha value is -0.680. The number of rotatable bonds is 2. The molecule has 6 nitrogen and oxygen atoms in total. The van der Waals surface area contributed by atoms with E-state index in [0.29, 0.717) is 26.2 Å². The minimum absolute atomic E-state index is 0.148. The van der Waals surface area contributed by atoms with E-state index in [1.807, 2.05) is 6.07 Å². The van der Waals surface area contributed by atoms with Crippen molar-refractivity contribution in [2.45, 2.75) is 18.9 Å². The van der Waals surface area contributed by atoms with Crippen molar-refractivity contribution < 1.29 is 13.2 Å². The van der Waals surface area contributed by atoms with Crippen molar-refractivity contribution in [2.24, 2.45) is 0 Å². The monoisotopic (exact) mass is 245 g/mol.